The standard InChI is InChI=1S/C16H18FNO5/c1-4-5-6-7-14(18(20)21)11(2)23-15-9-8-12(17)10-13(15)16(19)22-3/h6-10H,4-5H2,1-3H3/b7-6-,14-11-. The molecule has 0 saturated heterocycles. The fourth-order valence-corrected chi connectivity index (χ4v) is 1.75. The van der Waals surface area contributed by atoms with Crippen LogP contribution in [0.2, 0.25) is 0 Å². The lowest BCUT2D eigenvalue weighted by Crippen LogP contribution is -2.08. The first-order chi connectivity index (χ1) is 10.9. The quantitative estimate of drug-likeness (QED) is 0.250. The molecule has 0 aliphatic carbocycles. The molecule has 1 rings (SSSR count). The number of unbranched alkanes of at least 4 members (excludes halogenated alkanes) is 1. The van der Waals surface area contributed by atoms with E-state index in [4.69, 9.17) is 4.74 Å². The summed E-state index contributed by atoms with van der Waals surface area (Å²) in [5, 5.41) is 11.1. The van der Waals surface area contributed by atoms with E-state index in [2.05, 4.69) is 4.74 Å². The first kappa shape index (κ1) is 18.3. The molecular formula is C16H18FNO5. The third-order valence-corrected chi connectivity index (χ3v) is 2.90. The zero-order chi connectivity index (χ0) is 17.4. The van der Waals surface area contributed by atoms with Gasteiger partial charge in [0.15, 0.2) is 5.76 Å². The summed E-state index contributed by atoms with van der Waals surface area (Å²) < 4.78 is 23.2. The largest absolute Gasteiger partial charge is 0.465 e. The average Bonchev–Trinajstić information content (AvgIpc) is 2.52. The van der Waals surface area contributed by atoms with Gasteiger partial charge in [-0.25, -0.2) is 9.18 Å². The van der Waals surface area contributed by atoms with E-state index in [-0.39, 0.29) is 22.8 Å². The van der Waals surface area contributed by atoms with E-state index < -0.39 is 16.7 Å². The SMILES string of the molecule is CCC/C=C\C(=C(/C)Oc1ccc(F)cc1C(=O)OC)[N+](=O)[O-]. The molecule has 6 nitrogen and oxygen atoms in total. The van der Waals surface area contributed by atoms with Gasteiger partial charge in [-0.1, -0.05) is 19.4 Å². The molecule has 0 N–H and O–H groups in total. The minimum atomic E-state index is -0.795. The smallest absolute Gasteiger partial charge is 0.341 e. The Bertz CT molecular complexity index is 652. The number of hydrogen-bond acceptors (Lipinski definition) is 5. The van der Waals surface area contributed by atoms with Crippen LogP contribution in [0.4, 0.5) is 4.39 Å². The summed E-state index contributed by atoms with van der Waals surface area (Å²) in [6.45, 7) is 3.35. The van der Waals surface area contributed by atoms with Crippen molar-refractivity contribution in [3.8, 4) is 5.75 Å². The zero-order valence-electron chi connectivity index (χ0n) is 13.2. The van der Waals surface area contributed by atoms with Crippen LogP contribution in [0.15, 0.2) is 41.8 Å². The van der Waals surface area contributed by atoms with E-state index in [0.717, 1.165) is 25.7 Å². The number of methoxy groups -OCH3 is 1. The Morgan fingerprint density at radius 2 is 2.13 bits per heavy atom. The summed E-state index contributed by atoms with van der Waals surface area (Å²) in [4.78, 5) is 22.2. The van der Waals surface area contributed by atoms with Gasteiger partial charge in [0, 0.05) is 13.0 Å². The van der Waals surface area contributed by atoms with Crippen molar-refractivity contribution in [3.05, 3.63) is 63.3 Å². The fraction of sp³-hybridized carbons (Fsp3) is 0.312. The number of carbonyl (C=O) groups is 1. The number of nitro groups is 1. The van der Waals surface area contributed by atoms with Gasteiger partial charge in [0.2, 0.25) is 0 Å². The number of carbonyl (C=O) groups excluding carboxylic acids is 1. The van der Waals surface area contributed by atoms with E-state index in [0.29, 0.717) is 6.42 Å². The van der Waals surface area contributed by atoms with Gasteiger partial charge < -0.3 is 9.47 Å². The molecule has 7 heteroatoms. The first-order valence-corrected chi connectivity index (χ1v) is 6.98. The molecule has 0 fully saturated rings. The summed E-state index contributed by atoms with van der Waals surface area (Å²) in [6, 6.07) is 3.26. The van der Waals surface area contributed by atoms with E-state index in [1.165, 1.54) is 19.1 Å². The Balaban J connectivity index is 3.20. The summed E-state index contributed by atoms with van der Waals surface area (Å²) in [6.07, 6.45) is 4.55. The lowest BCUT2D eigenvalue weighted by molar-refractivity contribution is -0.421. The molecule has 23 heavy (non-hydrogen) atoms. The van der Waals surface area contributed by atoms with Gasteiger partial charge in [-0.05, 0) is 24.6 Å². The van der Waals surface area contributed by atoms with Crippen LogP contribution in [0.25, 0.3) is 0 Å². The molecule has 0 radical (unpaired) electrons. The summed E-state index contributed by atoms with van der Waals surface area (Å²) >= 11 is 0. The number of allylic oxidation sites excluding steroid dienone is 3. The van der Waals surface area contributed by atoms with E-state index in [9.17, 15) is 19.3 Å². The van der Waals surface area contributed by atoms with Crippen molar-refractivity contribution < 1.29 is 23.6 Å². The summed E-state index contributed by atoms with van der Waals surface area (Å²) in [5.74, 6) is -1.47. The van der Waals surface area contributed by atoms with Gasteiger partial charge in [0.25, 0.3) is 0 Å². The Hall–Kier alpha value is -2.70. The monoisotopic (exact) mass is 323 g/mol. The van der Waals surface area contributed by atoms with Crippen LogP contribution in [0.3, 0.4) is 0 Å². The number of halogens is 1. The highest BCUT2D eigenvalue weighted by atomic mass is 19.1. The van der Waals surface area contributed by atoms with Crippen LogP contribution in [0.5, 0.6) is 5.75 Å². The number of benzene rings is 1. The molecule has 0 aliphatic heterocycles. The minimum absolute atomic E-state index is 0.0147. The molecule has 0 spiro atoms. The Morgan fingerprint density at radius 3 is 2.70 bits per heavy atom. The van der Waals surface area contributed by atoms with Crippen molar-refractivity contribution in [2.24, 2.45) is 0 Å². The maximum Gasteiger partial charge on any atom is 0.341 e. The Morgan fingerprint density at radius 1 is 1.43 bits per heavy atom. The molecule has 0 saturated carbocycles. The molecular weight excluding hydrogens is 305 g/mol. The Kier molecular flexibility index (Phi) is 6.92. The summed E-state index contributed by atoms with van der Waals surface area (Å²) in [5.41, 5.74) is -0.384. The maximum atomic E-state index is 13.3. The third-order valence-electron chi connectivity index (χ3n) is 2.90. The molecule has 1 aromatic carbocycles. The molecule has 1 aromatic rings. The van der Waals surface area contributed by atoms with Gasteiger partial charge in [-0.2, -0.15) is 0 Å². The molecule has 0 heterocycles. The number of ether oxygens (including phenoxy) is 2. The van der Waals surface area contributed by atoms with Gasteiger partial charge in [0.1, 0.15) is 17.1 Å². The van der Waals surface area contributed by atoms with Crippen molar-refractivity contribution >= 4 is 5.97 Å². The first-order valence-electron chi connectivity index (χ1n) is 6.98. The van der Waals surface area contributed by atoms with Crippen LogP contribution in [-0.4, -0.2) is 18.0 Å². The highest BCUT2D eigenvalue weighted by Crippen LogP contribution is 2.24. The van der Waals surface area contributed by atoms with Crippen LogP contribution in [0.1, 0.15) is 37.0 Å². The van der Waals surface area contributed by atoms with E-state index in [1.807, 2.05) is 6.92 Å². The second-order valence-electron chi connectivity index (χ2n) is 4.62. The van der Waals surface area contributed by atoms with Crippen LogP contribution >= 0.6 is 0 Å². The molecule has 124 valence electrons. The lowest BCUT2D eigenvalue weighted by Gasteiger charge is -2.10. The van der Waals surface area contributed by atoms with Crippen molar-refractivity contribution in [1.82, 2.24) is 0 Å². The Labute approximate surface area is 133 Å². The van der Waals surface area contributed by atoms with Crippen molar-refractivity contribution in [3.63, 3.8) is 0 Å². The topological polar surface area (TPSA) is 78.7 Å². The highest BCUT2D eigenvalue weighted by Gasteiger charge is 2.19. The predicted molar refractivity (Wildman–Crippen MR) is 82.1 cm³/mol. The van der Waals surface area contributed by atoms with Crippen molar-refractivity contribution in [1.29, 1.82) is 0 Å². The zero-order valence-corrected chi connectivity index (χ0v) is 13.2. The second-order valence-corrected chi connectivity index (χ2v) is 4.62. The number of hydrogen-bond donors (Lipinski definition) is 0. The molecule has 0 bridgehead atoms. The molecule has 0 aromatic heterocycles. The summed E-state index contributed by atoms with van der Waals surface area (Å²) in [7, 11) is 1.15. The van der Waals surface area contributed by atoms with Crippen LogP contribution < -0.4 is 4.74 Å². The average molecular weight is 323 g/mol. The van der Waals surface area contributed by atoms with Crippen LogP contribution in [0, 0.1) is 15.9 Å². The normalized spacial score (nSPS) is 12.0. The van der Waals surface area contributed by atoms with Gasteiger partial charge in [-0.15, -0.1) is 0 Å². The second kappa shape index (κ2) is 8.67. The third kappa shape index (κ3) is 5.21. The van der Waals surface area contributed by atoms with Crippen LogP contribution in [-0.2, 0) is 4.74 Å². The van der Waals surface area contributed by atoms with Gasteiger partial charge in [-0.3, -0.25) is 10.1 Å². The minimum Gasteiger partial charge on any atom is -0.465 e. The number of esters is 1. The lowest BCUT2D eigenvalue weighted by atomic mass is 10.2. The molecule has 0 aliphatic rings. The number of nitrogens with zero attached hydrogens (tertiary/aromatic N) is 1. The van der Waals surface area contributed by atoms with Gasteiger partial charge >= 0.3 is 11.7 Å². The maximum absolute atomic E-state index is 13.3. The number of rotatable bonds is 7. The predicted octanol–water partition coefficient (Wildman–Crippen LogP) is 3.86. The molecule has 0 atom stereocenters. The van der Waals surface area contributed by atoms with Crippen molar-refractivity contribution in [2.45, 2.75) is 26.7 Å². The fourth-order valence-electron chi connectivity index (χ4n) is 1.75. The van der Waals surface area contributed by atoms with Crippen molar-refractivity contribution in [2.75, 3.05) is 7.11 Å². The highest BCUT2D eigenvalue weighted by molar-refractivity contribution is 5.92. The molecule has 0 amide bonds. The van der Waals surface area contributed by atoms with E-state index >= 15 is 0 Å². The van der Waals surface area contributed by atoms with Gasteiger partial charge in [0.05, 0.1) is 12.0 Å². The molecule has 0 unspecified atom stereocenters. The van der Waals surface area contributed by atoms with E-state index in [1.54, 1.807) is 6.08 Å².